The molecule has 0 aromatic carbocycles. The number of nitrogens with one attached hydrogen (secondary N) is 1. The minimum absolute atomic E-state index is 0.160. The first kappa shape index (κ1) is 14.9. The Morgan fingerprint density at radius 1 is 1.27 bits per heavy atom. The largest absolute Gasteiger partial charge is 0.317 e. The van der Waals surface area contributed by atoms with E-state index in [0.29, 0.717) is 11.7 Å². The van der Waals surface area contributed by atoms with Crippen LogP contribution in [0.4, 0.5) is 0 Å². The topological polar surface area (TPSA) is 46.2 Å². The molecule has 0 aromatic heterocycles. The van der Waals surface area contributed by atoms with Gasteiger partial charge in [0, 0.05) is 6.26 Å². The Hall–Kier alpha value is -0.0900. The average Bonchev–Trinajstić information content (AvgIpc) is 1.99. The molecule has 1 unspecified atom stereocenters. The molecule has 0 radical (unpaired) electrons. The zero-order chi connectivity index (χ0) is 12.1. The Kier molecular flexibility index (Phi) is 5.81. The quantitative estimate of drug-likeness (QED) is 0.762. The lowest BCUT2D eigenvalue weighted by Crippen LogP contribution is -2.33. The predicted molar refractivity (Wildman–Crippen MR) is 65.8 cm³/mol. The Bertz CT molecular complexity index is 265. The van der Waals surface area contributed by atoms with Crippen LogP contribution in [0.3, 0.4) is 0 Å². The lowest BCUT2D eigenvalue weighted by Gasteiger charge is -2.30. The fraction of sp³-hybridized carbons (Fsp3) is 1.00. The molecule has 4 heteroatoms. The van der Waals surface area contributed by atoms with Crippen molar-refractivity contribution in [2.45, 2.75) is 34.1 Å². The van der Waals surface area contributed by atoms with Crippen molar-refractivity contribution in [1.82, 2.24) is 5.32 Å². The molecule has 0 bridgehead atoms. The van der Waals surface area contributed by atoms with Gasteiger partial charge in [0.2, 0.25) is 0 Å². The average molecular weight is 235 g/mol. The van der Waals surface area contributed by atoms with E-state index in [-0.39, 0.29) is 5.41 Å². The van der Waals surface area contributed by atoms with E-state index in [2.05, 4.69) is 33.0 Å². The summed E-state index contributed by atoms with van der Waals surface area (Å²) in [6.07, 6.45) is 2.05. The summed E-state index contributed by atoms with van der Waals surface area (Å²) < 4.78 is 22.2. The molecule has 1 N–H and O–H groups in total. The third-order valence-electron chi connectivity index (χ3n) is 2.70. The van der Waals surface area contributed by atoms with E-state index in [4.69, 9.17) is 0 Å². The molecule has 0 heterocycles. The summed E-state index contributed by atoms with van der Waals surface area (Å²) in [5.41, 5.74) is 0.160. The molecule has 0 saturated carbocycles. The van der Waals surface area contributed by atoms with E-state index in [9.17, 15) is 8.42 Å². The van der Waals surface area contributed by atoms with Gasteiger partial charge in [0.15, 0.2) is 0 Å². The fourth-order valence-electron chi connectivity index (χ4n) is 1.52. The maximum Gasteiger partial charge on any atom is 0.147 e. The number of rotatable bonds is 6. The van der Waals surface area contributed by atoms with Crippen LogP contribution in [-0.4, -0.2) is 33.5 Å². The number of hydrogen-bond acceptors (Lipinski definition) is 3. The molecule has 0 aliphatic carbocycles. The molecule has 0 spiro atoms. The molecule has 0 rings (SSSR count). The van der Waals surface area contributed by atoms with E-state index >= 15 is 0 Å². The first-order valence-corrected chi connectivity index (χ1v) is 7.61. The summed E-state index contributed by atoms with van der Waals surface area (Å²) in [5.74, 6) is 0.701. The summed E-state index contributed by atoms with van der Waals surface area (Å²) in [6, 6.07) is 0. The highest BCUT2D eigenvalue weighted by molar-refractivity contribution is 7.90. The summed E-state index contributed by atoms with van der Waals surface area (Å²) >= 11 is 0. The Balaban J connectivity index is 4.26. The fourth-order valence-corrected chi connectivity index (χ4v) is 2.23. The van der Waals surface area contributed by atoms with E-state index in [1.54, 1.807) is 0 Å². The van der Waals surface area contributed by atoms with Crippen molar-refractivity contribution >= 4 is 9.84 Å². The molecular formula is C11H25NO2S. The molecule has 0 aromatic rings. The molecule has 0 fully saturated rings. The number of hydrogen-bond donors (Lipinski definition) is 1. The minimum Gasteiger partial charge on any atom is -0.317 e. The first-order chi connectivity index (χ1) is 6.67. The highest BCUT2D eigenvalue weighted by Crippen LogP contribution is 2.28. The maximum absolute atomic E-state index is 11.1. The predicted octanol–water partition coefficient (Wildman–Crippen LogP) is 1.69. The monoisotopic (exact) mass is 235 g/mol. The molecule has 92 valence electrons. The van der Waals surface area contributed by atoms with Crippen molar-refractivity contribution in [3.05, 3.63) is 0 Å². The highest BCUT2D eigenvalue weighted by atomic mass is 32.2. The van der Waals surface area contributed by atoms with Gasteiger partial charge >= 0.3 is 0 Å². The van der Waals surface area contributed by atoms with Gasteiger partial charge in [0.25, 0.3) is 0 Å². The Labute approximate surface area is 94.6 Å². The van der Waals surface area contributed by atoms with Crippen molar-refractivity contribution in [3.63, 3.8) is 0 Å². The van der Waals surface area contributed by atoms with Crippen LogP contribution >= 0.6 is 0 Å². The second-order valence-corrected chi connectivity index (χ2v) is 7.55. The van der Waals surface area contributed by atoms with Crippen LogP contribution < -0.4 is 5.32 Å². The van der Waals surface area contributed by atoms with Crippen LogP contribution in [0.5, 0.6) is 0 Å². The third-order valence-corrected chi connectivity index (χ3v) is 3.68. The second-order valence-electron chi connectivity index (χ2n) is 5.29. The summed E-state index contributed by atoms with van der Waals surface area (Å²) in [7, 11) is -2.83. The van der Waals surface area contributed by atoms with E-state index in [1.807, 2.05) is 0 Å². The van der Waals surface area contributed by atoms with Crippen molar-refractivity contribution in [3.8, 4) is 0 Å². The van der Waals surface area contributed by atoms with Gasteiger partial charge < -0.3 is 5.32 Å². The summed E-state index contributed by atoms with van der Waals surface area (Å²) in [4.78, 5) is 0. The zero-order valence-corrected chi connectivity index (χ0v) is 11.4. The maximum atomic E-state index is 11.1. The summed E-state index contributed by atoms with van der Waals surface area (Å²) in [6.45, 7) is 10.4. The highest BCUT2D eigenvalue weighted by Gasteiger charge is 2.24. The third kappa shape index (κ3) is 7.79. The van der Waals surface area contributed by atoms with Crippen LogP contribution in [0.1, 0.15) is 34.1 Å². The standard InChI is InChI=1S/C11H25NO2S/c1-6-12-9-10(11(2,3)4)7-8-15(5,13)14/h10,12H,6-9H2,1-5H3. The lowest BCUT2D eigenvalue weighted by molar-refractivity contribution is 0.227. The van der Waals surface area contributed by atoms with Crippen molar-refractivity contribution in [2.75, 3.05) is 25.1 Å². The van der Waals surface area contributed by atoms with Crippen LogP contribution in [0, 0.1) is 11.3 Å². The normalized spacial score (nSPS) is 15.3. The van der Waals surface area contributed by atoms with Gasteiger partial charge in [-0.1, -0.05) is 27.7 Å². The van der Waals surface area contributed by atoms with Crippen LogP contribution in [0.15, 0.2) is 0 Å². The van der Waals surface area contributed by atoms with Gasteiger partial charge in [-0.3, -0.25) is 0 Å². The van der Waals surface area contributed by atoms with Crippen LogP contribution in [0.25, 0.3) is 0 Å². The smallest absolute Gasteiger partial charge is 0.147 e. The lowest BCUT2D eigenvalue weighted by atomic mass is 9.79. The molecule has 3 nitrogen and oxygen atoms in total. The molecule has 0 aliphatic rings. The van der Waals surface area contributed by atoms with E-state index in [1.165, 1.54) is 6.26 Å². The molecule has 15 heavy (non-hydrogen) atoms. The van der Waals surface area contributed by atoms with Gasteiger partial charge in [-0.2, -0.15) is 0 Å². The van der Waals surface area contributed by atoms with Crippen molar-refractivity contribution in [2.24, 2.45) is 11.3 Å². The molecule has 0 aliphatic heterocycles. The minimum atomic E-state index is -2.83. The van der Waals surface area contributed by atoms with Gasteiger partial charge in [-0.15, -0.1) is 0 Å². The van der Waals surface area contributed by atoms with Crippen molar-refractivity contribution < 1.29 is 8.42 Å². The van der Waals surface area contributed by atoms with Gasteiger partial charge in [0.05, 0.1) is 5.75 Å². The molecule has 0 amide bonds. The Morgan fingerprint density at radius 2 is 1.80 bits per heavy atom. The van der Waals surface area contributed by atoms with E-state index < -0.39 is 9.84 Å². The van der Waals surface area contributed by atoms with Gasteiger partial charge in [-0.25, -0.2) is 8.42 Å². The Morgan fingerprint density at radius 3 is 2.13 bits per heavy atom. The van der Waals surface area contributed by atoms with Gasteiger partial charge in [-0.05, 0) is 30.8 Å². The molecular weight excluding hydrogens is 210 g/mol. The van der Waals surface area contributed by atoms with Crippen molar-refractivity contribution in [1.29, 1.82) is 0 Å². The number of sulfone groups is 1. The zero-order valence-electron chi connectivity index (χ0n) is 10.6. The molecule has 1 atom stereocenters. The molecule has 0 saturated heterocycles. The van der Waals surface area contributed by atoms with Gasteiger partial charge in [0.1, 0.15) is 9.84 Å². The SMILES string of the molecule is CCNCC(CCS(C)(=O)=O)C(C)(C)C. The van der Waals surface area contributed by atoms with Crippen LogP contribution in [0.2, 0.25) is 0 Å². The summed E-state index contributed by atoms with van der Waals surface area (Å²) in [5, 5.41) is 3.30. The van der Waals surface area contributed by atoms with E-state index in [0.717, 1.165) is 19.5 Å². The second kappa shape index (κ2) is 5.85. The van der Waals surface area contributed by atoms with Crippen LogP contribution in [-0.2, 0) is 9.84 Å². The first-order valence-electron chi connectivity index (χ1n) is 5.55.